The van der Waals surface area contributed by atoms with Gasteiger partial charge in [0.05, 0.1) is 5.52 Å². The first-order chi connectivity index (χ1) is 12.7. The van der Waals surface area contributed by atoms with Gasteiger partial charge >= 0.3 is 0 Å². The number of hydrogen-bond donors (Lipinski definition) is 1. The number of fused-ring (bicyclic) bond motifs is 2. The highest BCUT2D eigenvalue weighted by atomic mass is 16.2. The molecule has 2 atom stereocenters. The third-order valence-electron chi connectivity index (χ3n) is 5.35. The van der Waals surface area contributed by atoms with Crippen molar-refractivity contribution in [2.45, 2.75) is 38.4 Å². The molecule has 1 aromatic carbocycles. The quantitative estimate of drug-likeness (QED) is 0.907. The van der Waals surface area contributed by atoms with E-state index in [4.69, 9.17) is 0 Å². The van der Waals surface area contributed by atoms with Crippen molar-refractivity contribution in [3.63, 3.8) is 0 Å². The highest BCUT2D eigenvalue weighted by Gasteiger charge is 2.42. The molecule has 0 radical (unpaired) electrons. The van der Waals surface area contributed by atoms with E-state index in [1.807, 2.05) is 25.3 Å². The van der Waals surface area contributed by atoms with Crippen molar-refractivity contribution in [2.75, 3.05) is 19.6 Å². The van der Waals surface area contributed by atoms with Crippen molar-refractivity contribution in [2.24, 2.45) is 0 Å². The molecular formula is C20H24N4O2. The van der Waals surface area contributed by atoms with Gasteiger partial charge in [-0.2, -0.15) is 0 Å². The van der Waals surface area contributed by atoms with E-state index in [1.54, 1.807) is 4.90 Å². The molecule has 0 aliphatic carbocycles. The molecule has 0 bridgehead atoms. The van der Waals surface area contributed by atoms with Crippen LogP contribution in [0.1, 0.15) is 25.3 Å². The minimum Gasteiger partial charge on any atom is -0.342 e. The molecule has 2 amide bonds. The number of nitrogens with one attached hydrogen (secondary N) is 1. The first kappa shape index (κ1) is 17.0. The van der Waals surface area contributed by atoms with Crippen molar-refractivity contribution in [3.8, 4) is 0 Å². The molecule has 26 heavy (non-hydrogen) atoms. The number of benzene rings is 1. The maximum absolute atomic E-state index is 12.6. The Morgan fingerprint density at radius 1 is 1.19 bits per heavy atom. The molecule has 0 unspecified atom stereocenters. The summed E-state index contributed by atoms with van der Waals surface area (Å²) in [5.74, 6) is 0.0479. The van der Waals surface area contributed by atoms with Crippen molar-refractivity contribution in [1.82, 2.24) is 20.1 Å². The van der Waals surface area contributed by atoms with Gasteiger partial charge in [-0.05, 0) is 18.1 Å². The largest absolute Gasteiger partial charge is 0.342 e. The second-order valence-corrected chi connectivity index (χ2v) is 7.12. The number of carbonyl (C=O) groups excluding carboxylic acids is 2. The van der Waals surface area contributed by atoms with Crippen LogP contribution in [0.5, 0.6) is 0 Å². The van der Waals surface area contributed by atoms with Crippen molar-refractivity contribution >= 4 is 22.7 Å². The number of para-hydroxylation sites is 1. The number of aromatic nitrogens is 1. The summed E-state index contributed by atoms with van der Waals surface area (Å²) < 4.78 is 0. The average molecular weight is 352 g/mol. The monoisotopic (exact) mass is 352 g/mol. The number of piperazine rings is 2. The maximum atomic E-state index is 12.6. The van der Waals surface area contributed by atoms with Gasteiger partial charge in [0.15, 0.2) is 0 Å². The summed E-state index contributed by atoms with van der Waals surface area (Å²) in [6.45, 7) is 4.72. The molecule has 4 rings (SSSR count). The number of carbonyl (C=O) groups is 2. The Morgan fingerprint density at radius 2 is 2.04 bits per heavy atom. The van der Waals surface area contributed by atoms with Gasteiger partial charge in [0.2, 0.25) is 11.8 Å². The average Bonchev–Trinajstić information content (AvgIpc) is 2.66. The molecule has 0 spiro atoms. The molecule has 2 aromatic rings. The second kappa shape index (κ2) is 7.03. The number of rotatable bonds is 4. The van der Waals surface area contributed by atoms with E-state index in [0.717, 1.165) is 36.0 Å². The normalized spacial score (nSPS) is 23.8. The van der Waals surface area contributed by atoms with Crippen LogP contribution in [-0.2, 0) is 16.1 Å². The highest BCUT2D eigenvalue weighted by molar-refractivity contribution is 5.97. The number of nitrogens with zero attached hydrogens (tertiary/aromatic N) is 3. The lowest BCUT2D eigenvalue weighted by Crippen LogP contribution is -2.69. The Bertz CT molecular complexity index is 832. The molecule has 1 N–H and O–H groups in total. The molecule has 3 heterocycles. The third-order valence-corrected chi connectivity index (χ3v) is 5.35. The molecule has 6 nitrogen and oxygen atoms in total. The molecular weight excluding hydrogens is 328 g/mol. The maximum Gasteiger partial charge on any atom is 0.245 e. The van der Waals surface area contributed by atoms with Gasteiger partial charge in [-0.15, -0.1) is 0 Å². The SMILES string of the molecule is CCC[C@@H]1NC(=O)[C@H]2CN(Cc3cccc4cccnc34)CCN2C1=O. The van der Waals surface area contributed by atoms with E-state index in [0.29, 0.717) is 19.5 Å². The van der Waals surface area contributed by atoms with Gasteiger partial charge in [0.1, 0.15) is 12.1 Å². The molecule has 2 fully saturated rings. The van der Waals surface area contributed by atoms with E-state index in [9.17, 15) is 9.59 Å². The highest BCUT2D eigenvalue weighted by Crippen LogP contribution is 2.22. The molecule has 6 heteroatoms. The standard InChI is InChI=1S/C20H24N4O2/c1-2-5-16-20(26)24-11-10-23(13-17(24)19(25)22-16)12-15-7-3-6-14-8-4-9-21-18(14)15/h3-4,6-9,16-17H,2,5,10-13H2,1H3,(H,22,25)/t16-,17+/m0/s1. The van der Waals surface area contributed by atoms with Gasteiger partial charge in [0, 0.05) is 37.8 Å². The molecule has 0 saturated carbocycles. The van der Waals surface area contributed by atoms with E-state index >= 15 is 0 Å². The molecule has 136 valence electrons. The van der Waals surface area contributed by atoms with Crippen molar-refractivity contribution < 1.29 is 9.59 Å². The van der Waals surface area contributed by atoms with Crippen LogP contribution < -0.4 is 5.32 Å². The Morgan fingerprint density at radius 3 is 2.88 bits per heavy atom. The second-order valence-electron chi connectivity index (χ2n) is 7.12. The smallest absolute Gasteiger partial charge is 0.245 e. The summed E-state index contributed by atoms with van der Waals surface area (Å²) >= 11 is 0. The predicted octanol–water partition coefficient (Wildman–Crippen LogP) is 1.55. The van der Waals surface area contributed by atoms with Gasteiger partial charge in [-0.3, -0.25) is 19.5 Å². The minimum absolute atomic E-state index is 0.0243. The van der Waals surface area contributed by atoms with Crippen LogP contribution in [0, 0.1) is 0 Å². The lowest BCUT2D eigenvalue weighted by Gasteiger charge is -2.45. The lowest BCUT2D eigenvalue weighted by atomic mass is 10.0. The fourth-order valence-electron chi connectivity index (χ4n) is 4.02. The lowest BCUT2D eigenvalue weighted by molar-refractivity contribution is -0.153. The first-order valence-corrected chi connectivity index (χ1v) is 9.33. The van der Waals surface area contributed by atoms with Crippen LogP contribution in [0.25, 0.3) is 10.9 Å². The first-order valence-electron chi connectivity index (χ1n) is 9.33. The van der Waals surface area contributed by atoms with Crippen LogP contribution in [0.3, 0.4) is 0 Å². The van der Waals surface area contributed by atoms with Gasteiger partial charge < -0.3 is 10.2 Å². The molecule has 2 saturated heterocycles. The molecule has 2 aliphatic heterocycles. The van der Waals surface area contributed by atoms with Gasteiger partial charge in [0.25, 0.3) is 0 Å². The topological polar surface area (TPSA) is 65.5 Å². The zero-order valence-corrected chi connectivity index (χ0v) is 15.0. The Hall–Kier alpha value is -2.47. The minimum atomic E-state index is -0.382. The van der Waals surface area contributed by atoms with Crippen molar-refractivity contribution in [3.05, 3.63) is 42.1 Å². The molecule has 1 aromatic heterocycles. The van der Waals surface area contributed by atoms with E-state index in [2.05, 4.69) is 33.4 Å². The Balaban J connectivity index is 1.50. The number of pyridine rings is 1. The fraction of sp³-hybridized carbons (Fsp3) is 0.450. The summed E-state index contributed by atoms with van der Waals surface area (Å²) in [4.78, 5) is 33.7. The van der Waals surface area contributed by atoms with Crippen LogP contribution >= 0.6 is 0 Å². The van der Waals surface area contributed by atoms with E-state index < -0.39 is 0 Å². The van der Waals surface area contributed by atoms with Crippen molar-refractivity contribution in [1.29, 1.82) is 0 Å². The van der Waals surface area contributed by atoms with Crippen LogP contribution in [0.2, 0.25) is 0 Å². The van der Waals surface area contributed by atoms with Gasteiger partial charge in [-0.1, -0.05) is 37.6 Å². The van der Waals surface area contributed by atoms with Crippen LogP contribution in [0.15, 0.2) is 36.5 Å². The van der Waals surface area contributed by atoms with E-state index in [1.165, 1.54) is 0 Å². The zero-order valence-electron chi connectivity index (χ0n) is 15.0. The predicted molar refractivity (Wildman–Crippen MR) is 99.4 cm³/mol. The summed E-state index contributed by atoms with van der Waals surface area (Å²) in [5.41, 5.74) is 2.16. The summed E-state index contributed by atoms with van der Waals surface area (Å²) in [6.07, 6.45) is 3.40. The van der Waals surface area contributed by atoms with E-state index in [-0.39, 0.29) is 23.9 Å². The van der Waals surface area contributed by atoms with Crippen LogP contribution in [0.4, 0.5) is 0 Å². The van der Waals surface area contributed by atoms with Crippen LogP contribution in [-0.4, -0.2) is 58.3 Å². The number of amides is 2. The fourth-order valence-corrected chi connectivity index (χ4v) is 4.02. The Labute approximate surface area is 153 Å². The zero-order chi connectivity index (χ0) is 18.1. The molecule has 2 aliphatic rings. The summed E-state index contributed by atoms with van der Waals surface area (Å²) in [7, 11) is 0. The van der Waals surface area contributed by atoms with Gasteiger partial charge in [-0.25, -0.2) is 0 Å². The number of hydrogen-bond acceptors (Lipinski definition) is 4. The third kappa shape index (κ3) is 3.05. The summed E-state index contributed by atoms with van der Waals surface area (Å²) in [6, 6.07) is 9.46. The summed E-state index contributed by atoms with van der Waals surface area (Å²) in [5, 5.41) is 4.03. The Kier molecular flexibility index (Phi) is 4.59.